The Morgan fingerprint density at radius 1 is 1.08 bits per heavy atom. The lowest BCUT2D eigenvalue weighted by Gasteiger charge is -2.26. The van der Waals surface area contributed by atoms with Crippen LogP contribution in [0, 0.1) is 0 Å². The topological polar surface area (TPSA) is 87.1 Å². The molecule has 1 saturated heterocycles. The summed E-state index contributed by atoms with van der Waals surface area (Å²) < 4.78 is 7.56. The Morgan fingerprint density at radius 3 is 2.62 bits per heavy atom. The quantitative estimate of drug-likeness (QED) is 0.525. The number of hydrogen-bond donors (Lipinski definition) is 1. The molecule has 0 spiro atoms. The van der Waals surface area contributed by atoms with E-state index in [-0.39, 0.29) is 30.5 Å². The number of carbonyl (C=O) groups excluding carboxylic acids is 3. The molecular weight excluding hydrogens is 518 g/mol. The molecule has 3 aromatic rings. The van der Waals surface area contributed by atoms with Gasteiger partial charge in [-0.05, 0) is 41.5 Å². The number of methoxy groups -OCH3 is 1. The summed E-state index contributed by atoms with van der Waals surface area (Å²) in [6, 6.07) is 16.1. The summed E-state index contributed by atoms with van der Waals surface area (Å²) in [4.78, 5) is 44.1. The number of likely N-dealkylation sites (N-methyl/N-ethyl adjacent to an activating group) is 1. The molecule has 0 radical (unpaired) electrons. The molecule has 0 saturated carbocycles. The molecule has 4 amide bonds. The van der Waals surface area contributed by atoms with Gasteiger partial charge in [0.05, 0.1) is 12.6 Å². The van der Waals surface area contributed by atoms with Crippen molar-refractivity contribution in [1.82, 2.24) is 19.7 Å². The van der Waals surface area contributed by atoms with E-state index in [9.17, 15) is 14.4 Å². The predicted molar refractivity (Wildman–Crippen MR) is 149 cm³/mol. The van der Waals surface area contributed by atoms with Gasteiger partial charge >= 0.3 is 6.03 Å². The van der Waals surface area contributed by atoms with Crippen LogP contribution >= 0.6 is 11.6 Å². The molecular formula is C29H32ClN5O4. The molecule has 5 rings (SSSR count). The van der Waals surface area contributed by atoms with E-state index in [2.05, 4.69) is 9.88 Å². The predicted octanol–water partition coefficient (Wildman–Crippen LogP) is 3.74. The van der Waals surface area contributed by atoms with Crippen molar-refractivity contribution in [1.29, 1.82) is 0 Å². The zero-order valence-electron chi connectivity index (χ0n) is 22.3. The van der Waals surface area contributed by atoms with Crippen LogP contribution in [0.1, 0.15) is 33.6 Å². The van der Waals surface area contributed by atoms with Crippen LogP contribution in [0.4, 0.5) is 10.5 Å². The summed E-state index contributed by atoms with van der Waals surface area (Å²) in [5.74, 6) is -0.296. The Balaban J connectivity index is 1.30. The third kappa shape index (κ3) is 5.37. The van der Waals surface area contributed by atoms with Gasteiger partial charge in [0.15, 0.2) is 0 Å². The minimum Gasteiger partial charge on any atom is -0.380 e. The Hall–Kier alpha value is -3.82. The van der Waals surface area contributed by atoms with Gasteiger partial charge in [-0.1, -0.05) is 35.9 Å². The third-order valence-corrected chi connectivity index (χ3v) is 7.78. The number of anilines is 1. The number of halogens is 1. The highest BCUT2D eigenvalue weighted by molar-refractivity contribution is 6.31. The number of nitrogens with zero attached hydrogens (tertiary/aromatic N) is 4. The summed E-state index contributed by atoms with van der Waals surface area (Å²) in [6.45, 7) is 1.63. The van der Waals surface area contributed by atoms with Crippen LogP contribution in [0.25, 0.3) is 0 Å². The fourth-order valence-corrected chi connectivity index (χ4v) is 5.49. The van der Waals surface area contributed by atoms with Crippen molar-refractivity contribution in [3.63, 3.8) is 0 Å². The van der Waals surface area contributed by atoms with Crippen LogP contribution in [-0.4, -0.2) is 72.1 Å². The number of ether oxygens (including phenoxy) is 1. The molecule has 0 unspecified atom stereocenters. The van der Waals surface area contributed by atoms with Crippen molar-refractivity contribution in [2.75, 3.05) is 32.6 Å². The van der Waals surface area contributed by atoms with Gasteiger partial charge in [0.1, 0.15) is 6.04 Å². The van der Waals surface area contributed by atoms with Crippen LogP contribution in [0.15, 0.2) is 60.8 Å². The van der Waals surface area contributed by atoms with Crippen molar-refractivity contribution in [2.45, 2.75) is 38.2 Å². The maximum Gasteiger partial charge on any atom is 0.318 e. The number of para-hydroxylation sites is 1. The zero-order chi connectivity index (χ0) is 27.7. The van der Waals surface area contributed by atoms with Crippen LogP contribution in [0.2, 0.25) is 5.02 Å². The molecule has 3 heterocycles. The van der Waals surface area contributed by atoms with Gasteiger partial charge in [-0.2, -0.15) is 0 Å². The van der Waals surface area contributed by atoms with Crippen molar-refractivity contribution >= 4 is 35.1 Å². The highest BCUT2D eigenvalue weighted by Gasteiger charge is 2.40. The Labute approximate surface area is 232 Å². The first-order valence-corrected chi connectivity index (χ1v) is 13.2. The minimum absolute atomic E-state index is 0.145. The van der Waals surface area contributed by atoms with Crippen molar-refractivity contribution in [3.8, 4) is 0 Å². The first-order chi connectivity index (χ1) is 18.8. The Kier molecular flexibility index (Phi) is 7.63. The Bertz CT molecular complexity index is 1400. The largest absolute Gasteiger partial charge is 0.380 e. The monoisotopic (exact) mass is 549 g/mol. The van der Waals surface area contributed by atoms with E-state index >= 15 is 0 Å². The first-order valence-electron chi connectivity index (χ1n) is 12.9. The number of carbonyl (C=O) groups is 3. The van der Waals surface area contributed by atoms with E-state index in [0.29, 0.717) is 42.2 Å². The van der Waals surface area contributed by atoms with E-state index in [1.807, 2.05) is 42.6 Å². The van der Waals surface area contributed by atoms with Crippen LogP contribution in [-0.2, 0) is 29.2 Å². The average Bonchev–Trinajstić information content (AvgIpc) is 3.54. The summed E-state index contributed by atoms with van der Waals surface area (Å²) in [5.41, 5.74) is 4.12. The molecule has 2 aliphatic heterocycles. The molecule has 1 aromatic heterocycles. The van der Waals surface area contributed by atoms with Gasteiger partial charge in [-0.25, -0.2) is 4.79 Å². The third-order valence-electron chi connectivity index (χ3n) is 7.42. The number of amides is 4. The van der Waals surface area contributed by atoms with Gasteiger partial charge in [-0.3, -0.25) is 9.59 Å². The number of likely N-dealkylation sites (tertiary alicyclic amines) is 1. The number of nitrogens with one attached hydrogen (secondary N) is 1. The molecule has 1 fully saturated rings. The van der Waals surface area contributed by atoms with Gasteiger partial charge in [-0.15, -0.1) is 0 Å². The second kappa shape index (κ2) is 11.1. The summed E-state index contributed by atoms with van der Waals surface area (Å²) in [5, 5.41) is 3.25. The second-order valence-electron chi connectivity index (χ2n) is 10.1. The molecule has 2 atom stereocenters. The fraction of sp³-hybridized carbons (Fsp3) is 0.345. The van der Waals surface area contributed by atoms with E-state index in [0.717, 1.165) is 16.9 Å². The molecule has 10 heteroatoms. The first kappa shape index (κ1) is 26.8. The normalized spacial score (nSPS) is 18.3. The molecule has 204 valence electrons. The highest BCUT2D eigenvalue weighted by Crippen LogP contribution is 2.30. The van der Waals surface area contributed by atoms with Crippen LogP contribution in [0.5, 0.6) is 0 Å². The van der Waals surface area contributed by atoms with Crippen LogP contribution in [0.3, 0.4) is 0 Å². The molecule has 2 aromatic carbocycles. The summed E-state index contributed by atoms with van der Waals surface area (Å²) in [7, 11) is 4.92. The lowest BCUT2D eigenvalue weighted by atomic mass is 10.1. The van der Waals surface area contributed by atoms with E-state index in [4.69, 9.17) is 16.3 Å². The molecule has 2 aliphatic rings. The molecule has 9 nitrogen and oxygen atoms in total. The van der Waals surface area contributed by atoms with Gasteiger partial charge < -0.3 is 29.3 Å². The number of rotatable bonds is 5. The number of aromatic nitrogens is 1. The smallest absolute Gasteiger partial charge is 0.318 e. The maximum atomic E-state index is 13.7. The van der Waals surface area contributed by atoms with E-state index in [1.165, 1.54) is 9.80 Å². The minimum atomic E-state index is -0.585. The standard InChI is InChI=1S/C29H32ClN5O4/c1-32(2)28(37)26-14-23(39-3)18-35(26)29(38)31-15-20-11-10-19(13-24(20)30)27(36)34-17-22-8-6-12-33(22)16-21-7-4-5-9-25(21)34/h4-13,23,26H,14-18H2,1-3H3,(H,31,38)/t23-,26+/m1/s1. The lowest BCUT2D eigenvalue weighted by Crippen LogP contribution is -2.49. The fourth-order valence-electron chi connectivity index (χ4n) is 5.24. The van der Waals surface area contributed by atoms with Crippen molar-refractivity contribution < 1.29 is 19.1 Å². The number of urea groups is 1. The molecule has 0 bridgehead atoms. The Morgan fingerprint density at radius 2 is 1.87 bits per heavy atom. The maximum absolute atomic E-state index is 13.7. The summed E-state index contributed by atoms with van der Waals surface area (Å²) in [6.07, 6.45) is 2.27. The molecule has 39 heavy (non-hydrogen) atoms. The highest BCUT2D eigenvalue weighted by atomic mass is 35.5. The van der Waals surface area contributed by atoms with E-state index < -0.39 is 6.04 Å². The van der Waals surface area contributed by atoms with E-state index in [1.54, 1.807) is 44.3 Å². The number of benzene rings is 2. The zero-order valence-corrected chi connectivity index (χ0v) is 23.0. The number of fused-ring (bicyclic) bond motifs is 2. The molecule has 1 N–H and O–H groups in total. The van der Waals surface area contributed by atoms with Gasteiger partial charge in [0.25, 0.3) is 5.91 Å². The van der Waals surface area contributed by atoms with Crippen molar-refractivity contribution in [2.24, 2.45) is 0 Å². The number of hydrogen-bond acceptors (Lipinski definition) is 4. The van der Waals surface area contributed by atoms with Crippen LogP contribution < -0.4 is 10.2 Å². The lowest BCUT2D eigenvalue weighted by molar-refractivity contribution is -0.132. The summed E-state index contributed by atoms with van der Waals surface area (Å²) >= 11 is 6.60. The molecule has 0 aliphatic carbocycles. The van der Waals surface area contributed by atoms with Gasteiger partial charge in [0, 0.05) is 75.4 Å². The second-order valence-corrected chi connectivity index (χ2v) is 10.5. The van der Waals surface area contributed by atoms with Crippen molar-refractivity contribution in [3.05, 3.63) is 88.2 Å². The van der Waals surface area contributed by atoms with Gasteiger partial charge in [0.2, 0.25) is 5.91 Å². The average molecular weight is 550 g/mol. The SMILES string of the molecule is CO[C@@H]1C[C@@H](C(=O)N(C)C)N(C(=O)NCc2ccc(C(=O)N3Cc4cccn4Cc4ccccc43)cc2Cl)C1.